The van der Waals surface area contributed by atoms with Crippen LogP contribution in [0.5, 0.6) is 0 Å². The number of aliphatic imine (C=N–C) groups is 2. The van der Waals surface area contributed by atoms with Crippen molar-refractivity contribution in [1.29, 1.82) is 0 Å². The monoisotopic (exact) mass is 717 g/mol. The predicted molar refractivity (Wildman–Crippen MR) is 232 cm³/mol. The molecule has 0 fully saturated rings. The largest absolute Gasteiger partial charge is 0.344 e. The maximum atomic E-state index is 5.29. The average Bonchev–Trinajstić information content (AvgIpc) is 3.80. The summed E-state index contributed by atoms with van der Waals surface area (Å²) >= 11 is 0. The van der Waals surface area contributed by atoms with Gasteiger partial charge in [0.15, 0.2) is 5.84 Å². The third-order valence-electron chi connectivity index (χ3n) is 11.0. The molecule has 5 nitrogen and oxygen atoms in total. The van der Waals surface area contributed by atoms with E-state index in [9.17, 15) is 0 Å². The SMILES string of the molecule is c1ccc(C2=NC(c3ccccc3-n3c4ccccc4c4c(-c5cccc6c5c5ccccc5n6-c5ccccc5)cccc43)NC(c3ccccc3)=N2)cc1. The summed E-state index contributed by atoms with van der Waals surface area (Å²) in [6.45, 7) is 0. The lowest BCUT2D eigenvalue weighted by molar-refractivity contribution is 0.670. The highest BCUT2D eigenvalue weighted by Gasteiger charge is 2.26. The Kier molecular flexibility index (Phi) is 7.49. The molecule has 0 aliphatic carbocycles. The summed E-state index contributed by atoms with van der Waals surface area (Å²) in [6, 6.07) is 70.9. The molecule has 56 heavy (non-hydrogen) atoms. The van der Waals surface area contributed by atoms with Gasteiger partial charge in [0.25, 0.3) is 0 Å². The zero-order chi connectivity index (χ0) is 37.0. The van der Waals surface area contributed by atoms with E-state index >= 15 is 0 Å². The normalized spacial score (nSPS) is 14.2. The summed E-state index contributed by atoms with van der Waals surface area (Å²) in [5.74, 6) is 1.50. The molecule has 1 atom stereocenters. The van der Waals surface area contributed by atoms with Crippen LogP contribution in [0.3, 0.4) is 0 Å². The molecule has 0 bridgehead atoms. The standard InChI is InChI=1S/C51H35N5/c1-4-18-34(19-5-1)49-52-50(35-20-6-2-7-21-35)54-51(53-49)41-26-12-15-31-44(41)56-43-30-14-11-25-40(43)48-38(28-17-33-46(48)56)37-27-16-32-45-47(37)39-24-10-13-29-42(39)55(45)36-22-8-3-9-23-36/h1-33,51H,(H,52,53,54). The third-order valence-corrected chi connectivity index (χ3v) is 11.0. The van der Waals surface area contributed by atoms with E-state index in [0.717, 1.165) is 44.9 Å². The minimum Gasteiger partial charge on any atom is -0.344 e. The molecule has 0 amide bonds. The number of aromatic nitrogens is 2. The number of nitrogens with one attached hydrogen (secondary N) is 1. The van der Waals surface area contributed by atoms with Crippen molar-refractivity contribution < 1.29 is 0 Å². The number of rotatable bonds is 6. The van der Waals surface area contributed by atoms with Gasteiger partial charge in [-0.15, -0.1) is 0 Å². The zero-order valence-electron chi connectivity index (χ0n) is 30.4. The second-order valence-electron chi connectivity index (χ2n) is 14.2. The van der Waals surface area contributed by atoms with Crippen molar-refractivity contribution in [3.63, 3.8) is 0 Å². The van der Waals surface area contributed by atoms with Crippen molar-refractivity contribution in [3.05, 3.63) is 217 Å². The van der Waals surface area contributed by atoms with Crippen LogP contribution in [0.2, 0.25) is 0 Å². The Hall–Kier alpha value is -7.50. The average molecular weight is 718 g/mol. The first-order valence-electron chi connectivity index (χ1n) is 19.1. The van der Waals surface area contributed by atoms with Gasteiger partial charge >= 0.3 is 0 Å². The molecule has 3 heterocycles. The molecule has 5 heteroatoms. The maximum absolute atomic E-state index is 5.29. The number of hydrogen-bond acceptors (Lipinski definition) is 3. The number of nitrogens with zero attached hydrogens (tertiary/aromatic N) is 4. The summed E-state index contributed by atoms with van der Waals surface area (Å²) in [6.07, 6.45) is -0.383. The molecule has 11 rings (SSSR count). The molecular weight excluding hydrogens is 683 g/mol. The Morgan fingerprint density at radius 2 is 0.911 bits per heavy atom. The molecule has 0 saturated carbocycles. The Bertz CT molecular complexity index is 3150. The molecule has 8 aromatic carbocycles. The van der Waals surface area contributed by atoms with Gasteiger partial charge in [-0.25, -0.2) is 9.98 Å². The lowest BCUT2D eigenvalue weighted by Crippen LogP contribution is -2.34. The van der Waals surface area contributed by atoms with Gasteiger partial charge in [0.05, 0.1) is 27.8 Å². The second kappa shape index (κ2) is 13.1. The molecule has 0 saturated heterocycles. The Balaban J connectivity index is 1.14. The predicted octanol–water partition coefficient (Wildman–Crippen LogP) is 12.0. The highest BCUT2D eigenvalue weighted by Crippen LogP contribution is 2.44. The fourth-order valence-electron chi connectivity index (χ4n) is 8.59. The lowest BCUT2D eigenvalue weighted by atomic mass is 9.95. The van der Waals surface area contributed by atoms with Crippen molar-refractivity contribution in [2.24, 2.45) is 9.98 Å². The van der Waals surface area contributed by atoms with Crippen LogP contribution < -0.4 is 5.32 Å². The van der Waals surface area contributed by atoms with Crippen molar-refractivity contribution in [1.82, 2.24) is 14.5 Å². The lowest BCUT2D eigenvalue weighted by Gasteiger charge is -2.26. The quantitative estimate of drug-likeness (QED) is 0.183. The maximum Gasteiger partial charge on any atom is 0.159 e. The van der Waals surface area contributed by atoms with Crippen molar-refractivity contribution in [3.8, 4) is 22.5 Å². The summed E-state index contributed by atoms with van der Waals surface area (Å²) < 4.78 is 4.81. The molecule has 264 valence electrons. The van der Waals surface area contributed by atoms with Crippen LogP contribution in [-0.4, -0.2) is 20.8 Å². The van der Waals surface area contributed by atoms with Crippen molar-refractivity contribution in [2.45, 2.75) is 6.17 Å². The first-order chi connectivity index (χ1) is 27.8. The fraction of sp³-hybridized carbons (Fsp3) is 0.0196. The van der Waals surface area contributed by atoms with Crippen LogP contribution in [0.4, 0.5) is 0 Å². The fourth-order valence-corrected chi connectivity index (χ4v) is 8.59. The van der Waals surface area contributed by atoms with Crippen LogP contribution in [0, 0.1) is 0 Å². The van der Waals surface area contributed by atoms with Gasteiger partial charge in [-0.1, -0.05) is 158 Å². The first-order valence-corrected chi connectivity index (χ1v) is 19.1. The highest BCUT2D eigenvalue weighted by atomic mass is 15.2. The minimum absolute atomic E-state index is 0.383. The Labute approximate surface area is 324 Å². The van der Waals surface area contributed by atoms with E-state index in [1.165, 1.54) is 43.7 Å². The number of amidine groups is 2. The van der Waals surface area contributed by atoms with E-state index < -0.39 is 0 Å². The van der Waals surface area contributed by atoms with Gasteiger partial charge in [-0.2, -0.15) is 0 Å². The van der Waals surface area contributed by atoms with E-state index in [1.54, 1.807) is 0 Å². The number of benzene rings is 8. The Morgan fingerprint density at radius 1 is 0.411 bits per heavy atom. The zero-order valence-corrected chi connectivity index (χ0v) is 30.4. The number of fused-ring (bicyclic) bond motifs is 6. The molecule has 1 unspecified atom stereocenters. The molecular formula is C51H35N5. The van der Waals surface area contributed by atoms with Gasteiger partial charge in [-0.05, 0) is 53.6 Å². The molecule has 2 aromatic heterocycles. The van der Waals surface area contributed by atoms with E-state index in [2.05, 4.69) is 178 Å². The van der Waals surface area contributed by atoms with Crippen LogP contribution in [0.25, 0.3) is 66.1 Å². The topological polar surface area (TPSA) is 46.6 Å². The van der Waals surface area contributed by atoms with E-state index in [1.807, 2.05) is 36.4 Å². The van der Waals surface area contributed by atoms with Crippen molar-refractivity contribution in [2.75, 3.05) is 0 Å². The molecule has 0 spiro atoms. The molecule has 0 radical (unpaired) electrons. The first kappa shape index (κ1) is 32.0. The van der Waals surface area contributed by atoms with E-state index in [-0.39, 0.29) is 6.17 Å². The number of para-hydroxylation sites is 4. The Morgan fingerprint density at radius 3 is 1.57 bits per heavy atom. The van der Waals surface area contributed by atoms with Gasteiger partial charge in [0.1, 0.15) is 12.0 Å². The smallest absolute Gasteiger partial charge is 0.159 e. The molecule has 1 aliphatic rings. The minimum atomic E-state index is -0.383. The molecule has 10 aromatic rings. The summed E-state index contributed by atoms with van der Waals surface area (Å²) in [4.78, 5) is 10.3. The van der Waals surface area contributed by atoms with E-state index in [4.69, 9.17) is 9.98 Å². The third kappa shape index (κ3) is 5.09. The van der Waals surface area contributed by atoms with Gasteiger partial charge in [-0.3, -0.25) is 0 Å². The van der Waals surface area contributed by atoms with Crippen LogP contribution in [0.15, 0.2) is 210 Å². The van der Waals surface area contributed by atoms with Gasteiger partial charge in [0, 0.05) is 43.9 Å². The van der Waals surface area contributed by atoms with E-state index in [0.29, 0.717) is 5.84 Å². The summed E-state index contributed by atoms with van der Waals surface area (Å²) in [7, 11) is 0. The van der Waals surface area contributed by atoms with Crippen molar-refractivity contribution >= 4 is 55.3 Å². The summed E-state index contributed by atoms with van der Waals surface area (Å²) in [5.41, 5.74) is 12.4. The van der Waals surface area contributed by atoms with Gasteiger partial charge < -0.3 is 14.5 Å². The highest BCUT2D eigenvalue weighted by molar-refractivity contribution is 6.22. The van der Waals surface area contributed by atoms with Crippen LogP contribution >= 0.6 is 0 Å². The number of hydrogen-bond donors (Lipinski definition) is 1. The second-order valence-corrected chi connectivity index (χ2v) is 14.2. The van der Waals surface area contributed by atoms with Crippen LogP contribution in [-0.2, 0) is 0 Å². The van der Waals surface area contributed by atoms with Gasteiger partial charge in [0.2, 0.25) is 0 Å². The molecule has 1 N–H and O–H groups in total. The molecule has 1 aliphatic heterocycles. The summed E-state index contributed by atoms with van der Waals surface area (Å²) in [5, 5.41) is 8.63. The van der Waals surface area contributed by atoms with Crippen LogP contribution in [0.1, 0.15) is 22.9 Å².